The van der Waals surface area contributed by atoms with Gasteiger partial charge in [0.1, 0.15) is 18.7 Å². The lowest BCUT2D eigenvalue weighted by Gasteiger charge is -2.26. The van der Waals surface area contributed by atoms with E-state index in [0.717, 1.165) is 25.3 Å². The number of carbonyl (C=O) groups excluding carboxylic acids is 3. The highest BCUT2D eigenvalue weighted by molar-refractivity contribution is 7.72. The Morgan fingerprint density at radius 3 is 1.88 bits per heavy atom. The lowest BCUT2D eigenvalue weighted by Crippen LogP contribution is -2.54. The summed E-state index contributed by atoms with van der Waals surface area (Å²) in [6, 6.07) is 15.8. The van der Waals surface area contributed by atoms with Crippen LogP contribution in [0.5, 0.6) is 0 Å². The zero-order valence-electron chi connectivity index (χ0n) is 19.7. The summed E-state index contributed by atoms with van der Waals surface area (Å²) in [5.41, 5.74) is 0.645. The monoisotopic (exact) mass is 490 g/mol. The van der Waals surface area contributed by atoms with Gasteiger partial charge in [0, 0.05) is 20.6 Å². The van der Waals surface area contributed by atoms with E-state index < -0.39 is 37.2 Å². The number of ether oxygens (including phenoxy) is 1. The van der Waals surface area contributed by atoms with Crippen molar-refractivity contribution in [2.24, 2.45) is 5.92 Å². The van der Waals surface area contributed by atoms with Crippen molar-refractivity contribution >= 4 is 25.1 Å². The Bertz CT molecular complexity index is 991. The third-order valence-electron chi connectivity index (χ3n) is 5.08. The minimum absolute atomic E-state index is 0.0408. The Morgan fingerprint density at radius 1 is 0.853 bits per heavy atom. The fraction of sp³-hybridized carbons (Fsp3) is 0.375. The van der Waals surface area contributed by atoms with E-state index in [1.807, 2.05) is 36.4 Å². The van der Waals surface area contributed by atoms with E-state index in [1.165, 1.54) is 0 Å². The van der Waals surface area contributed by atoms with Crippen LogP contribution in [0.2, 0.25) is 0 Å². The molecule has 0 aliphatic carbocycles. The fourth-order valence-electron chi connectivity index (χ4n) is 3.18. The lowest BCUT2D eigenvalue weighted by molar-refractivity contribution is -0.127. The number of alkyl carbamates (subject to hydrolysis) is 1. The smallest absolute Gasteiger partial charge is 0.408 e. The number of rotatable bonds is 12. The third kappa shape index (κ3) is 7.80. The molecule has 0 bridgehead atoms. The van der Waals surface area contributed by atoms with Gasteiger partial charge in [-0.2, -0.15) is 0 Å². The number of amides is 2. The average Bonchev–Trinajstić information content (AvgIpc) is 2.85. The van der Waals surface area contributed by atoms with Crippen molar-refractivity contribution in [2.75, 3.05) is 14.2 Å². The van der Waals surface area contributed by atoms with Crippen LogP contribution in [-0.2, 0) is 41.0 Å². The molecule has 0 aromatic heterocycles. The van der Waals surface area contributed by atoms with Crippen LogP contribution in [-0.4, -0.2) is 43.8 Å². The minimum Gasteiger partial charge on any atom is -0.445 e. The quantitative estimate of drug-likeness (QED) is 0.436. The van der Waals surface area contributed by atoms with E-state index in [2.05, 4.69) is 10.6 Å². The molecule has 0 saturated heterocycles. The number of nitrogens with one attached hydrogen (secondary N) is 2. The molecular formula is C24H31N2O7P. The Labute approximate surface area is 199 Å². The first-order valence-corrected chi connectivity index (χ1v) is 12.3. The highest BCUT2D eigenvalue weighted by Crippen LogP contribution is 2.48. The topological polar surface area (TPSA) is 120 Å². The summed E-state index contributed by atoms with van der Waals surface area (Å²) in [7, 11) is -1.91. The van der Waals surface area contributed by atoms with Gasteiger partial charge in [-0.3, -0.25) is 14.2 Å². The average molecular weight is 490 g/mol. The molecule has 2 atom stereocenters. The second kappa shape index (κ2) is 13.0. The molecule has 0 spiro atoms. The van der Waals surface area contributed by atoms with Gasteiger partial charge < -0.3 is 24.4 Å². The zero-order chi connectivity index (χ0) is 25.1. The Morgan fingerprint density at radius 2 is 1.38 bits per heavy atom. The minimum atomic E-state index is -4.11. The molecule has 0 heterocycles. The van der Waals surface area contributed by atoms with E-state index in [-0.39, 0.29) is 18.9 Å². The fourth-order valence-corrected chi connectivity index (χ4v) is 4.23. The van der Waals surface area contributed by atoms with Crippen LogP contribution in [0.1, 0.15) is 25.0 Å². The Balaban J connectivity index is 2.14. The van der Waals surface area contributed by atoms with Gasteiger partial charge in [0.15, 0.2) is 0 Å². The summed E-state index contributed by atoms with van der Waals surface area (Å²) in [6.45, 7) is 3.52. The van der Waals surface area contributed by atoms with Gasteiger partial charge >= 0.3 is 13.7 Å². The van der Waals surface area contributed by atoms with E-state index >= 15 is 0 Å². The molecule has 2 aromatic carbocycles. The number of hydrogen-bond acceptors (Lipinski definition) is 7. The molecule has 2 N–H and O–H groups in total. The van der Waals surface area contributed by atoms with E-state index in [4.69, 9.17) is 13.8 Å². The first kappa shape index (κ1) is 27.2. The molecule has 34 heavy (non-hydrogen) atoms. The van der Waals surface area contributed by atoms with Crippen LogP contribution in [0, 0.1) is 5.92 Å². The van der Waals surface area contributed by atoms with E-state index in [9.17, 15) is 18.9 Å². The van der Waals surface area contributed by atoms with Crippen molar-refractivity contribution in [1.82, 2.24) is 10.6 Å². The maximum atomic E-state index is 13.1. The number of carbonyl (C=O) groups is 3. The standard InChI is InChI=1S/C24H31N2O7P/c1-17(2)21(26-24(29)33-16-19-13-9-6-10-14-19)22(27)25-20(15-18-11-7-5-8-12-18)23(28)34(30,31-3)32-4/h5-14,17,20-21H,15-16H2,1-4H3,(H,25,27)(H,26,29)/t20-,21-/m0/s1. The van der Waals surface area contributed by atoms with Crippen LogP contribution in [0.3, 0.4) is 0 Å². The van der Waals surface area contributed by atoms with Crippen molar-refractivity contribution in [3.05, 3.63) is 71.8 Å². The van der Waals surface area contributed by atoms with Crippen LogP contribution in [0.15, 0.2) is 60.7 Å². The first-order valence-electron chi connectivity index (χ1n) is 10.8. The molecule has 184 valence electrons. The van der Waals surface area contributed by atoms with Crippen LogP contribution in [0.25, 0.3) is 0 Å². The summed E-state index contributed by atoms with van der Waals surface area (Å²) in [5.74, 6) is -0.951. The number of benzene rings is 2. The summed E-state index contributed by atoms with van der Waals surface area (Å²) in [5, 5.41) is 5.15. The van der Waals surface area contributed by atoms with Crippen molar-refractivity contribution in [3.63, 3.8) is 0 Å². The van der Waals surface area contributed by atoms with Crippen LogP contribution < -0.4 is 10.6 Å². The Kier molecular flexibility index (Phi) is 10.4. The highest BCUT2D eigenvalue weighted by atomic mass is 31.2. The predicted molar refractivity (Wildman–Crippen MR) is 127 cm³/mol. The van der Waals surface area contributed by atoms with Crippen molar-refractivity contribution in [1.29, 1.82) is 0 Å². The largest absolute Gasteiger partial charge is 0.445 e. The van der Waals surface area contributed by atoms with Gasteiger partial charge in [0.05, 0.1) is 0 Å². The van der Waals surface area contributed by atoms with Gasteiger partial charge in [-0.15, -0.1) is 0 Å². The predicted octanol–water partition coefficient (Wildman–Crippen LogP) is 3.68. The SMILES string of the molecule is COP(=O)(OC)C(=O)[C@H](Cc1ccccc1)NC(=O)[C@@H](NC(=O)OCc1ccccc1)C(C)C. The maximum Gasteiger partial charge on any atom is 0.408 e. The second-order valence-corrected chi connectivity index (χ2v) is 10.0. The van der Waals surface area contributed by atoms with Crippen molar-refractivity contribution < 1.29 is 32.7 Å². The van der Waals surface area contributed by atoms with Gasteiger partial charge in [-0.1, -0.05) is 74.5 Å². The lowest BCUT2D eigenvalue weighted by atomic mass is 10.0. The molecule has 2 rings (SSSR count). The third-order valence-corrected chi connectivity index (χ3v) is 6.90. The summed E-state index contributed by atoms with van der Waals surface area (Å²) < 4.78 is 27.6. The number of hydrogen-bond donors (Lipinski definition) is 2. The van der Waals surface area contributed by atoms with Crippen molar-refractivity contribution in [2.45, 2.75) is 39.0 Å². The molecule has 2 aromatic rings. The first-order chi connectivity index (χ1) is 16.2. The molecule has 0 saturated carbocycles. The second-order valence-electron chi connectivity index (χ2n) is 7.88. The van der Waals surface area contributed by atoms with Gasteiger partial charge in [-0.25, -0.2) is 4.79 Å². The van der Waals surface area contributed by atoms with Crippen LogP contribution in [0.4, 0.5) is 4.79 Å². The molecule has 2 amide bonds. The summed E-state index contributed by atoms with van der Waals surface area (Å²) in [4.78, 5) is 38.4. The molecule has 0 radical (unpaired) electrons. The molecule has 0 aliphatic heterocycles. The molecule has 0 unspecified atom stereocenters. The molecule has 10 heteroatoms. The summed E-state index contributed by atoms with van der Waals surface area (Å²) in [6.07, 6.45) is -0.714. The Hall–Kier alpha value is -3.00. The normalized spacial score (nSPS) is 13.1. The van der Waals surface area contributed by atoms with Crippen LogP contribution >= 0.6 is 7.60 Å². The molecule has 9 nitrogen and oxygen atoms in total. The van der Waals surface area contributed by atoms with Gasteiger partial charge in [0.2, 0.25) is 5.91 Å². The molecular weight excluding hydrogens is 459 g/mol. The molecule has 0 fully saturated rings. The molecule has 0 aliphatic rings. The van der Waals surface area contributed by atoms with E-state index in [1.54, 1.807) is 38.1 Å². The maximum absolute atomic E-state index is 13.1. The van der Waals surface area contributed by atoms with E-state index in [0.29, 0.717) is 0 Å². The summed E-state index contributed by atoms with van der Waals surface area (Å²) >= 11 is 0. The van der Waals surface area contributed by atoms with Gasteiger partial charge in [-0.05, 0) is 17.0 Å². The van der Waals surface area contributed by atoms with Gasteiger partial charge in [0.25, 0.3) is 5.52 Å². The zero-order valence-corrected chi connectivity index (χ0v) is 20.6. The highest BCUT2D eigenvalue weighted by Gasteiger charge is 2.40. The van der Waals surface area contributed by atoms with Crippen molar-refractivity contribution in [3.8, 4) is 0 Å².